The number of methoxy groups -OCH3 is 1. The number of halogens is 2. The minimum Gasteiger partial charge on any atom is -0.496 e. The number of ether oxygens (including phenoxy) is 1. The normalized spacial score (nSPS) is 10.5. The maximum absolute atomic E-state index is 14.1. The van der Waals surface area contributed by atoms with Crippen molar-refractivity contribution in [2.75, 3.05) is 14.2 Å². The van der Waals surface area contributed by atoms with Crippen LogP contribution in [0.4, 0.5) is 8.78 Å². The van der Waals surface area contributed by atoms with Crippen LogP contribution in [0, 0.1) is 11.6 Å². The van der Waals surface area contributed by atoms with Gasteiger partial charge in [0.25, 0.3) is 0 Å². The molecule has 100 valence electrons. The molecule has 0 amide bonds. The summed E-state index contributed by atoms with van der Waals surface area (Å²) in [5, 5.41) is 2.95. The molecule has 0 aliphatic carbocycles. The standard InChI is InChI=1S/C15H15F2NO/c1-18-9-10-3-5-12(14(17)7-10)13-8-11(16)4-6-15(13)19-2/h3-8,18H,9H2,1-2H3. The monoisotopic (exact) mass is 263 g/mol. The highest BCUT2D eigenvalue weighted by Gasteiger charge is 2.12. The van der Waals surface area contributed by atoms with Crippen LogP contribution in [0.2, 0.25) is 0 Å². The van der Waals surface area contributed by atoms with Gasteiger partial charge in [-0.15, -0.1) is 0 Å². The zero-order valence-electron chi connectivity index (χ0n) is 10.8. The lowest BCUT2D eigenvalue weighted by Crippen LogP contribution is -2.05. The van der Waals surface area contributed by atoms with Crippen molar-refractivity contribution >= 4 is 0 Å². The van der Waals surface area contributed by atoms with Crippen LogP contribution in [0.25, 0.3) is 11.1 Å². The Kier molecular flexibility index (Phi) is 4.12. The van der Waals surface area contributed by atoms with Crippen LogP contribution in [0.1, 0.15) is 5.56 Å². The molecule has 0 saturated carbocycles. The first-order valence-electron chi connectivity index (χ1n) is 5.92. The van der Waals surface area contributed by atoms with Crippen molar-refractivity contribution in [3.63, 3.8) is 0 Å². The lowest BCUT2D eigenvalue weighted by Gasteiger charge is -2.11. The minimum absolute atomic E-state index is 0.330. The number of hydrogen-bond donors (Lipinski definition) is 1. The predicted octanol–water partition coefficient (Wildman–Crippen LogP) is 3.36. The smallest absolute Gasteiger partial charge is 0.131 e. The van der Waals surface area contributed by atoms with Gasteiger partial charge in [-0.3, -0.25) is 0 Å². The van der Waals surface area contributed by atoms with Gasteiger partial charge in [-0.2, -0.15) is 0 Å². The molecule has 0 aliphatic rings. The van der Waals surface area contributed by atoms with E-state index in [1.807, 2.05) is 0 Å². The Morgan fingerprint density at radius 1 is 1.05 bits per heavy atom. The molecule has 0 aliphatic heterocycles. The molecule has 2 rings (SSSR count). The molecule has 19 heavy (non-hydrogen) atoms. The summed E-state index contributed by atoms with van der Waals surface area (Å²) in [5.74, 6) is -0.368. The Morgan fingerprint density at radius 3 is 2.47 bits per heavy atom. The lowest BCUT2D eigenvalue weighted by atomic mass is 10.0. The topological polar surface area (TPSA) is 21.3 Å². The molecule has 0 radical (unpaired) electrons. The van der Waals surface area contributed by atoms with Crippen LogP contribution in [0.3, 0.4) is 0 Å². The van der Waals surface area contributed by atoms with E-state index in [1.165, 1.54) is 31.4 Å². The van der Waals surface area contributed by atoms with E-state index in [9.17, 15) is 8.78 Å². The first-order valence-corrected chi connectivity index (χ1v) is 5.92. The van der Waals surface area contributed by atoms with Crippen molar-refractivity contribution in [2.24, 2.45) is 0 Å². The van der Waals surface area contributed by atoms with Crippen LogP contribution in [-0.4, -0.2) is 14.2 Å². The van der Waals surface area contributed by atoms with E-state index in [1.54, 1.807) is 19.2 Å². The van der Waals surface area contributed by atoms with Crippen molar-refractivity contribution in [1.82, 2.24) is 5.32 Å². The van der Waals surface area contributed by atoms with Gasteiger partial charge < -0.3 is 10.1 Å². The quantitative estimate of drug-likeness (QED) is 0.913. The van der Waals surface area contributed by atoms with Gasteiger partial charge in [0.2, 0.25) is 0 Å². The lowest BCUT2D eigenvalue weighted by molar-refractivity contribution is 0.415. The van der Waals surface area contributed by atoms with E-state index in [4.69, 9.17) is 4.74 Å². The molecule has 2 aromatic carbocycles. The highest BCUT2D eigenvalue weighted by atomic mass is 19.1. The fourth-order valence-electron chi connectivity index (χ4n) is 1.98. The van der Waals surface area contributed by atoms with E-state index in [-0.39, 0.29) is 0 Å². The molecular formula is C15H15F2NO. The molecule has 0 spiro atoms. The van der Waals surface area contributed by atoms with Crippen LogP contribution in [-0.2, 0) is 6.54 Å². The van der Waals surface area contributed by atoms with E-state index in [0.717, 1.165) is 5.56 Å². The summed E-state index contributed by atoms with van der Waals surface area (Å²) in [6.07, 6.45) is 0. The SMILES string of the molecule is CNCc1ccc(-c2cc(F)ccc2OC)c(F)c1. The van der Waals surface area contributed by atoms with Crippen LogP contribution < -0.4 is 10.1 Å². The second kappa shape index (κ2) is 5.80. The van der Waals surface area contributed by atoms with E-state index < -0.39 is 11.6 Å². The minimum atomic E-state index is -0.422. The third-order valence-electron chi connectivity index (χ3n) is 2.87. The zero-order valence-corrected chi connectivity index (χ0v) is 10.8. The summed E-state index contributed by atoms with van der Waals surface area (Å²) in [6, 6.07) is 8.94. The summed E-state index contributed by atoms with van der Waals surface area (Å²) in [7, 11) is 3.27. The van der Waals surface area contributed by atoms with Crippen LogP contribution >= 0.6 is 0 Å². The van der Waals surface area contributed by atoms with Crippen molar-refractivity contribution in [1.29, 1.82) is 0 Å². The van der Waals surface area contributed by atoms with Crippen LogP contribution in [0.5, 0.6) is 5.75 Å². The largest absolute Gasteiger partial charge is 0.496 e. The second-order valence-corrected chi connectivity index (χ2v) is 4.19. The van der Waals surface area contributed by atoms with Crippen LogP contribution in [0.15, 0.2) is 36.4 Å². The molecule has 0 atom stereocenters. The van der Waals surface area contributed by atoms with Crippen molar-refractivity contribution in [3.05, 3.63) is 53.6 Å². The Balaban J connectivity index is 2.49. The summed E-state index contributed by atoms with van der Waals surface area (Å²) >= 11 is 0. The van der Waals surface area contributed by atoms with Gasteiger partial charge in [0.15, 0.2) is 0 Å². The van der Waals surface area contributed by atoms with Gasteiger partial charge >= 0.3 is 0 Å². The highest BCUT2D eigenvalue weighted by Crippen LogP contribution is 2.32. The van der Waals surface area contributed by atoms with Gasteiger partial charge in [0.1, 0.15) is 17.4 Å². The Morgan fingerprint density at radius 2 is 1.84 bits per heavy atom. The average molecular weight is 263 g/mol. The average Bonchev–Trinajstić information content (AvgIpc) is 2.39. The molecular weight excluding hydrogens is 248 g/mol. The molecule has 4 heteroatoms. The van der Waals surface area contributed by atoms with E-state index in [0.29, 0.717) is 23.4 Å². The molecule has 2 aromatic rings. The van der Waals surface area contributed by atoms with Gasteiger partial charge in [-0.05, 0) is 36.9 Å². The van der Waals surface area contributed by atoms with Crippen molar-refractivity contribution in [2.45, 2.75) is 6.54 Å². The number of rotatable bonds is 4. The molecule has 0 saturated heterocycles. The highest BCUT2D eigenvalue weighted by molar-refractivity contribution is 5.71. The predicted molar refractivity (Wildman–Crippen MR) is 71.1 cm³/mol. The number of benzene rings is 2. The van der Waals surface area contributed by atoms with Crippen molar-refractivity contribution < 1.29 is 13.5 Å². The summed E-state index contributed by atoms with van der Waals surface area (Å²) in [5.41, 5.74) is 1.58. The van der Waals surface area contributed by atoms with Crippen molar-refractivity contribution in [3.8, 4) is 16.9 Å². The Hall–Kier alpha value is -1.94. The first kappa shape index (κ1) is 13.5. The summed E-state index contributed by atoms with van der Waals surface area (Å²) < 4.78 is 32.6. The zero-order chi connectivity index (χ0) is 13.8. The second-order valence-electron chi connectivity index (χ2n) is 4.19. The van der Waals surface area contributed by atoms with E-state index in [2.05, 4.69) is 5.32 Å². The molecule has 0 heterocycles. The molecule has 0 aromatic heterocycles. The van der Waals surface area contributed by atoms with Gasteiger partial charge in [0.05, 0.1) is 7.11 Å². The summed E-state index contributed by atoms with van der Waals surface area (Å²) in [4.78, 5) is 0. The van der Waals surface area contributed by atoms with Gasteiger partial charge in [0, 0.05) is 17.7 Å². The third kappa shape index (κ3) is 2.90. The van der Waals surface area contributed by atoms with Gasteiger partial charge in [-0.25, -0.2) is 8.78 Å². The fourth-order valence-corrected chi connectivity index (χ4v) is 1.98. The molecule has 0 bridgehead atoms. The first-order chi connectivity index (χ1) is 9.15. The molecule has 2 nitrogen and oxygen atoms in total. The maximum Gasteiger partial charge on any atom is 0.131 e. The fraction of sp³-hybridized carbons (Fsp3) is 0.200. The summed E-state index contributed by atoms with van der Waals surface area (Å²) in [6.45, 7) is 0.581. The maximum atomic E-state index is 14.1. The molecule has 0 unspecified atom stereocenters. The molecule has 0 fully saturated rings. The van der Waals surface area contributed by atoms with Gasteiger partial charge in [-0.1, -0.05) is 12.1 Å². The Bertz CT molecular complexity index is 584. The third-order valence-corrected chi connectivity index (χ3v) is 2.87. The Labute approximate surface area is 111 Å². The molecule has 1 N–H and O–H groups in total. The number of hydrogen-bond acceptors (Lipinski definition) is 2. The number of nitrogens with one attached hydrogen (secondary N) is 1. The van der Waals surface area contributed by atoms with E-state index >= 15 is 0 Å².